The minimum atomic E-state index is 0.254. The molecule has 36 heavy (non-hydrogen) atoms. The molecule has 1 heterocycles. The molecular formula is C28H47N5O3. The highest BCUT2D eigenvalue weighted by Gasteiger charge is 2.18. The van der Waals surface area contributed by atoms with Crippen LogP contribution in [0.2, 0.25) is 0 Å². The number of hydrogen-bond donors (Lipinski definition) is 2. The van der Waals surface area contributed by atoms with Crippen LogP contribution in [-0.4, -0.2) is 68.5 Å². The van der Waals surface area contributed by atoms with Crippen molar-refractivity contribution in [1.29, 1.82) is 0 Å². The van der Waals surface area contributed by atoms with E-state index >= 15 is 0 Å². The Morgan fingerprint density at radius 1 is 1.03 bits per heavy atom. The summed E-state index contributed by atoms with van der Waals surface area (Å²) >= 11 is 0. The summed E-state index contributed by atoms with van der Waals surface area (Å²) in [4.78, 5) is 11.2. The Labute approximate surface area is 217 Å². The molecule has 202 valence electrons. The molecule has 2 rings (SSSR count). The predicted octanol–water partition coefficient (Wildman–Crippen LogP) is 5.08. The second-order valence-electron chi connectivity index (χ2n) is 9.53. The monoisotopic (exact) mass is 501 g/mol. The van der Waals surface area contributed by atoms with Crippen molar-refractivity contribution in [3.8, 4) is 11.5 Å². The zero-order valence-electron chi connectivity index (χ0n) is 23.2. The molecule has 0 radical (unpaired) electrons. The van der Waals surface area contributed by atoms with Gasteiger partial charge in [0.2, 0.25) is 5.95 Å². The lowest BCUT2D eigenvalue weighted by Crippen LogP contribution is -2.24. The number of nitrogen functional groups attached to an aromatic ring is 1. The van der Waals surface area contributed by atoms with Gasteiger partial charge in [-0.05, 0) is 58.3 Å². The SMILES string of the molecule is CCCCOCC[C@H](CCC)Nc1nc(N)nc(C)c1Cc1ccc(OCCCN(C)C)cc1OC. The van der Waals surface area contributed by atoms with Crippen LogP contribution in [0.4, 0.5) is 11.8 Å². The molecule has 0 aliphatic carbocycles. The maximum Gasteiger partial charge on any atom is 0.222 e. The van der Waals surface area contributed by atoms with Crippen LogP contribution in [0.25, 0.3) is 0 Å². The van der Waals surface area contributed by atoms with Crippen LogP contribution in [0.1, 0.15) is 69.2 Å². The van der Waals surface area contributed by atoms with Crippen LogP contribution in [0.5, 0.6) is 11.5 Å². The summed E-state index contributed by atoms with van der Waals surface area (Å²) in [6, 6.07) is 6.27. The van der Waals surface area contributed by atoms with Crippen LogP contribution < -0.4 is 20.5 Å². The van der Waals surface area contributed by atoms with E-state index < -0.39 is 0 Å². The van der Waals surface area contributed by atoms with Crippen molar-refractivity contribution < 1.29 is 14.2 Å². The van der Waals surface area contributed by atoms with Crippen molar-refractivity contribution in [3.63, 3.8) is 0 Å². The molecule has 1 atom stereocenters. The maximum atomic E-state index is 6.05. The van der Waals surface area contributed by atoms with E-state index in [1.165, 1.54) is 0 Å². The van der Waals surface area contributed by atoms with Gasteiger partial charge >= 0.3 is 0 Å². The normalized spacial score (nSPS) is 12.1. The van der Waals surface area contributed by atoms with E-state index in [1.54, 1.807) is 7.11 Å². The van der Waals surface area contributed by atoms with E-state index in [0.29, 0.717) is 13.0 Å². The molecule has 0 bridgehead atoms. The Bertz CT molecular complexity index is 907. The van der Waals surface area contributed by atoms with Crippen molar-refractivity contribution in [1.82, 2.24) is 14.9 Å². The van der Waals surface area contributed by atoms with Crippen molar-refractivity contribution in [3.05, 3.63) is 35.0 Å². The van der Waals surface area contributed by atoms with Crippen molar-refractivity contribution >= 4 is 11.8 Å². The quantitative estimate of drug-likeness (QED) is 0.273. The second kappa shape index (κ2) is 16.2. The number of ether oxygens (including phenoxy) is 3. The van der Waals surface area contributed by atoms with Gasteiger partial charge < -0.3 is 30.2 Å². The lowest BCUT2D eigenvalue weighted by atomic mass is 10.0. The molecule has 0 saturated heterocycles. The average molecular weight is 502 g/mol. The number of rotatable bonds is 18. The summed E-state index contributed by atoms with van der Waals surface area (Å²) in [7, 11) is 5.82. The average Bonchev–Trinajstić information content (AvgIpc) is 2.84. The van der Waals surface area contributed by atoms with Crippen molar-refractivity contribution in [2.45, 2.75) is 71.8 Å². The van der Waals surface area contributed by atoms with Crippen LogP contribution >= 0.6 is 0 Å². The maximum absolute atomic E-state index is 6.05. The topological polar surface area (TPSA) is 94.8 Å². The fourth-order valence-electron chi connectivity index (χ4n) is 4.08. The van der Waals surface area contributed by atoms with Gasteiger partial charge in [0.05, 0.1) is 13.7 Å². The van der Waals surface area contributed by atoms with Crippen molar-refractivity contribution in [2.75, 3.05) is 58.6 Å². The smallest absolute Gasteiger partial charge is 0.222 e. The Kier molecular flexibility index (Phi) is 13.4. The third kappa shape index (κ3) is 10.2. The molecule has 1 aromatic carbocycles. The summed E-state index contributed by atoms with van der Waals surface area (Å²) in [5.74, 6) is 2.67. The highest BCUT2D eigenvalue weighted by molar-refractivity contribution is 5.54. The van der Waals surface area contributed by atoms with E-state index in [1.807, 2.05) is 19.1 Å². The van der Waals surface area contributed by atoms with Crippen LogP contribution in [0.3, 0.4) is 0 Å². The first-order valence-electron chi connectivity index (χ1n) is 13.3. The minimum Gasteiger partial charge on any atom is -0.496 e. The first-order chi connectivity index (χ1) is 17.4. The number of benzene rings is 1. The first-order valence-corrected chi connectivity index (χ1v) is 13.3. The number of nitrogens with zero attached hydrogens (tertiary/aromatic N) is 3. The highest BCUT2D eigenvalue weighted by atomic mass is 16.5. The summed E-state index contributed by atoms with van der Waals surface area (Å²) in [5.41, 5.74) is 8.99. The van der Waals surface area contributed by atoms with Gasteiger partial charge in [0.1, 0.15) is 17.3 Å². The summed E-state index contributed by atoms with van der Waals surface area (Å²) in [6.07, 6.45) is 6.87. The van der Waals surface area contributed by atoms with Crippen LogP contribution in [0.15, 0.2) is 18.2 Å². The number of nitrogens with two attached hydrogens (primary N) is 1. The summed E-state index contributed by atoms with van der Waals surface area (Å²) in [5, 5.41) is 3.65. The van der Waals surface area contributed by atoms with Gasteiger partial charge in [-0.1, -0.05) is 32.8 Å². The number of methoxy groups -OCH3 is 1. The molecule has 0 fully saturated rings. The summed E-state index contributed by atoms with van der Waals surface area (Å²) in [6.45, 7) is 9.56. The largest absolute Gasteiger partial charge is 0.496 e. The molecule has 1 aromatic heterocycles. The third-order valence-electron chi connectivity index (χ3n) is 6.11. The molecule has 8 heteroatoms. The van der Waals surface area contributed by atoms with E-state index in [4.69, 9.17) is 19.9 Å². The molecule has 2 aromatic rings. The van der Waals surface area contributed by atoms with Crippen LogP contribution in [0, 0.1) is 6.92 Å². The second-order valence-corrected chi connectivity index (χ2v) is 9.53. The zero-order valence-corrected chi connectivity index (χ0v) is 23.2. The molecule has 0 spiro atoms. The van der Waals surface area contributed by atoms with Gasteiger partial charge in [-0.3, -0.25) is 0 Å². The van der Waals surface area contributed by atoms with Crippen molar-refractivity contribution in [2.24, 2.45) is 0 Å². The van der Waals surface area contributed by atoms with Gasteiger partial charge in [0.15, 0.2) is 0 Å². The highest BCUT2D eigenvalue weighted by Crippen LogP contribution is 2.30. The van der Waals surface area contributed by atoms with Gasteiger partial charge in [-0.2, -0.15) is 4.98 Å². The van der Waals surface area contributed by atoms with Gasteiger partial charge in [0.25, 0.3) is 0 Å². The standard InChI is InChI=1S/C28H47N5O3/c1-7-9-16-35-18-14-23(11-8-2)31-27-25(21(3)30-28(29)32-27)19-22-12-13-24(20-26(22)34-6)36-17-10-15-33(4)5/h12-13,20,23H,7-11,14-19H2,1-6H3,(H3,29,30,31,32)/t23-/m0/s1. The van der Waals surface area contributed by atoms with Gasteiger partial charge in [-0.25, -0.2) is 4.98 Å². The van der Waals surface area contributed by atoms with Gasteiger partial charge in [0, 0.05) is 49.5 Å². The molecule has 0 saturated carbocycles. The van der Waals surface area contributed by atoms with Gasteiger partial charge in [-0.15, -0.1) is 0 Å². The Hall–Kier alpha value is -2.58. The number of unbranched alkanes of at least 4 members (excludes halogenated alkanes) is 1. The Balaban J connectivity index is 2.16. The number of aromatic nitrogens is 2. The minimum absolute atomic E-state index is 0.254. The number of nitrogens with one attached hydrogen (secondary N) is 1. The zero-order chi connectivity index (χ0) is 26.3. The molecule has 3 N–H and O–H groups in total. The molecular weight excluding hydrogens is 454 g/mol. The fraction of sp³-hybridized carbons (Fsp3) is 0.643. The summed E-state index contributed by atoms with van der Waals surface area (Å²) < 4.78 is 17.5. The predicted molar refractivity (Wildman–Crippen MR) is 148 cm³/mol. The molecule has 0 aliphatic heterocycles. The molecule has 0 amide bonds. The van der Waals surface area contributed by atoms with E-state index in [0.717, 1.165) is 92.4 Å². The Morgan fingerprint density at radius 3 is 2.53 bits per heavy atom. The number of aryl methyl sites for hydroxylation is 1. The van der Waals surface area contributed by atoms with E-state index in [9.17, 15) is 0 Å². The number of hydrogen-bond acceptors (Lipinski definition) is 8. The van der Waals surface area contributed by atoms with E-state index in [2.05, 4.69) is 54.2 Å². The van der Waals surface area contributed by atoms with Crippen LogP contribution in [-0.2, 0) is 11.2 Å². The first kappa shape index (κ1) is 29.6. The fourth-order valence-corrected chi connectivity index (χ4v) is 4.08. The van der Waals surface area contributed by atoms with E-state index in [-0.39, 0.29) is 12.0 Å². The lowest BCUT2D eigenvalue weighted by molar-refractivity contribution is 0.125. The third-order valence-corrected chi connectivity index (χ3v) is 6.11. The lowest BCUT2D eigenvalue weighted by Gasteiger charge is -2.22. The molecule has 0 aliphatic rings. The molecule has 0 unspecified atom stereocenters. The number of anilines is 2. The molecule has 8 nitrogen and oxygen atoms in total. The Morgan fingerprint density at radius 2 is 1.83 bits per heavy atom.